The number of aromatic nitrogens is 4. The standard InChI is InChI=1S/C38H34Cl2FN3O3.C23H24Cl2FN3O.C16H15NO2.C14H7Cl2FN2O.C8H6ClNO.C8H14O.C6H3ClFNO.C2H4O2/c1-36(2)16-18-37(19-17-36)38(26-14-13-24(39)21-27(26)43-35(38)46)28(25-15-20-42-33(40)29(25)41)31-34(45)47-32(23-11-7-4-8-12-23)30(44(31)37)22-9-5-3-6-10-22;1-21(2)6-8-22(9-7-21)23(15-4-3-13(24)11-17(15)29-20(23)30)16(12-28-22)14-5-10-27-19(25)18(14)26;18-14-11-17-15(12-7-3-1-4-8-12)16(19-14)13-9-5-2-6-10-13;15-8-1-2-9-10(14(20)19-11(9)6-8)5-7-3-4-18-13(16)12(7)17;9-6-2-1-5-3-8(11)10-7(5)4-6;1-8(2)5-3-7(9)4-6-8;7-6-5(8)4(3-10)1-2-9-6;1-2(3)4/h3-15,20-21,28,30-32H,16-19H2,1-2H3,(H,43,46);3-5,10-11,16,28H,6-9,12H2,1-2H3,(H,29,30);1-10,15-17H,11H2;1-6H,(H,19,20);1-2,4H,3H2,(H,10,11);3-6H2,1-2H3;1-3H;1H3,(H,3,4)/t28-,30+,31+,32-,38-;16-,23-;15-,16+;;;;;/m011...../s1. The molecule has 4 saturated heterocycles. The smallest absolute Gasteiger partial charge is 0.324 e. The fourth-order valence-corrected chi connectivity index (χ4v) is 24.0. The third kappa shape index (κ3) is 22.8. The van der Waals surface area contributed by atoms with Crippen molar-refractivity contribution >= 4 is 181 Å². The first-order chi connectivity index (χ1) is 71.5. The van der Waals surface area contributed by atoms with Crippen molar-refractivity contribution in [1.29, 1.82) is 0 Å². The highest BCUT2D eigenvalue weighted by Gasteiger charge is 2.79. The number of rotatable bonds is 8. The van der Waals surface area contributed by atoms with Gasteiger partial charge >= 0.3 is 11.9 Å². The number of pyridine rings is 4. The van der Waals surface area contributed by atoms with Crippen molar-refractivity contribution in [2.45, 2.75) is 196 Å². The molecule has 7 N–H and O–H groups in total. The molecular formula is C115H107Cl8F4N11O12. The number of anilines is 4. The molecule has 0 bridgehead atoms. The lowest BCUT2D eigenvalue weighted by Gasteiger charge is -2.57. The number of esters is 2. The van der Waals surface area contributed by atoms with E-state index < -0.39 is 87.1 Å². The Kier molecular flexibility index (Phi) is 33.9. The number of hydrogen-bond acceptors (Lipinski definition) is 18. The third-order valence-electron chi connectivity index (χ3n) is 30.1. The van der Waals surface area contributed by atoms with Crippen LogP contribution in [0, 0.1) is 39.5 Å². The van der Waals surface area contributed by atoms with Gasteiger partial charge in [-0.3, -0.25) is 53.4 Å². The summed E-state index contributed by atoms with van der Waals surface area (Å²) in [5, 5.41) is 27.2. The fraction of sp³-hybridized carbons (Fsp3) is 0.313. The van der Waals surface area contributed by atoms with Crippen LogP contribution in [-0.4, -0.2) is 114 Å². The number of nitrogens with zero attached hydrogens (tertiary/aromatic N) is 5. The summed E-state index contributed by atoms with van der Waals surface area (Å²) in [6.07, 6.45) is 17.2. The van der Waals surface area contributed by atoms with E-state index in [1.807, 2.05) is 146 Å². The number of fused-ring (bicyclic) bond motifs is 10. The van der Waals surface area contributed by atoms with Gasteiger partial charge in [-0.2, -0.15) is 0 Å². The number of Topliss-reactive ketones (excluding diaryl/α,β-unsaturated/α-hetero) is 1. The zero-order chi connectivity index (χ0) is 107. The van der Waals surface area contributed by atoms with E-state index in [0.717, 1.165) is 110 Å². The Morgan fingerprint density at radius 2 is 0.893 bits per heavy atom. The highest BCUT2D eigenvalue weighted by Crippen LogP contribution is 2.72. The molecule has 3 aliphatic carbocycles. The summed E-state index contributed by atoms with van der Waals surface area (Å²) in [5.74, 6) is -5.82. The van der Waals surface area contributed by atoms with E-state index >= 15 is 13.6 Å². The van der Waals surface area contributed by atoms with Crippen molar-refractivity contribution in [3.63, 3.8) is 0 Å². The van der Waals surface area contributed by atoms with Crippen molar-refractivity contribution in [3.05, 3.63) is 374 Å². The number of carbonyl (C=O) groups excluding carboxylic acids is 8. The van der Waals surface area contributed by atoms with Crippen molar-refractivity contribution in [2.75, 3.05) is 34.4 Å². The first-order valence-corrected chi connectivity index (χ1v) is 51.9. The number of amides is 4. The number of halogens is 12. The number of cyclic esters (lactones) is 2. The first kappa shape index (κ1) is 110. The van der Waals surface area contributed by atoms with Crippen molar-refractivity contribution in [3.8, 4) is 0 Å². The van der Waals surface area contributed by atoms with E-state index in [-0.39, 0.29) is 96.4 Å². The van der Waals surface area contributed by atoms with E-state index in [0.29, 0.717) is 103 Å². The van der Waals surface area contributed by atoms with E-state index in [2.05, 4.69) is 98.3 Å². The number of hydrogen-bond donors (Lipinski definition) is 7. The number of carboxylic acids is 1. The monoisotopic (exact) mass is 2190 g/mol. The van der Waals surface area contributed by atoms with Crippen LogP contribution in [0.15, 0.2) is 243 Å². The van der Waals surface area contributed by atoms with Gasteiger partial charge in [0.1, 0.15) is 34.9 Å². The summed E-state index contributed by atoms with van der Waals surface area (Å²) in [6.45, 7) is 15.3. The van der Waals surface area contributed by atoms with Gasteiger partial charge in [0.25, 0.3) is 11.9 Å². The molecule has 150 heavy (non-hydrogen) atoms. The van der Waals surface area contributed by atoms with E-state index in [4.69, 9.17) is 112 Å². The van der Waals surface area contributed by atoms with Gasteiger partial charge in [0, 0.05) is 128 Å². The number of ketones is 1. The predicted molar refractivity (Wildman–Crippen MR) is 574 cm³/mol. The Morgan fingerprint density at radius 1 is 0.453 bits per heavy atom. The minimum Gasteiger partial charge on any atom is -0.481 e. The largest absolute Gasteiger partial charge is 0.481 e. The summed E-state index contributed by atoms with van der Waals surface area (Å²) in [7, 11) is 0. The maximum atomic E-state index is 16.5. The van der Waals surface area contributed by atoms with Crippen LogP contribution in [0.25, 0.3) is 11.6 Å². The molecule has 8 aromatic carbocycles. The van der Waals surface area contributed by atoms with Crippen LogP contribution in [0.3, 0.4) is 0 Å². The molecule has 0 radical (unpaired) electrons. The highest BCUT2D eigenvalue weighted by molar-refractivity contribution is 6.37. The van der Waals surface area contributed by atoms with Crippen molar-refractivity contribution in [1.82, 2.24) is 35.5 Å². The molecule has 3 saturated carbocycles. The van der Waals surface area contributed by atoms with Crippen LogP contribution < -0.4 is 31.9 Å². The number of carboxylic acid groups (broad SMARTS) is 1. The topological polar surface area (TPSA) is 319 Å². The number of nitrogens with one attached hydrogen (secondary N) is 6. The maximum Gasteiger partial charge on any atom is 0.324 e. The number of benzene rings is 8. The average Bonchev–Trinajstić information content (AvgIpc) is 1.48. The Balaban J connectivity index is 0.000000134. The number of carbonyl (C=O) groups is 9. The first-order valence-electron chi connectivity index (χ1n) is 48.9. The van der Waals surface area contributed by atoms with Crippen molar-refractivity contribution in [2.24, 2.45) is 16.2 Å². The lowest BCUT2D eigenvalue weighted by molar-refractivity contribution is -0.184. The van der Waals surface area contributed by atoms with Gasteiger partial charge in [-0.1, -0.05) is 280 Å². The highest BCUT2D eigenvalue weighted by atomic mass is 35.5. The molecule has 8 aliphatic heterocycles. The normalized spacial score (nSPS) is 23.2. The molecule has 4 aromatic heterocycles. The van der Waals surface area contributed by atoms with Gasteiger partial charge in [-0.15, -0.1) is 0 Å². The van der Waals surface area contributed by atoms with E-state index in [1.165, 1.54) is 43.0 Å². The minimum atomic E-state index is -1.39. The third-order valence-corrected chi connectivity index (χ3v) is 32.1. The van der Waals surface area contributed by atoms with Crippen LogP contribution in [0.4, 0.5) is 40.3 Å². The molecule has 35 heteroatoms. The maximum absolute atomic E-state index is 16.5. The summed E-state index contributed by atoms with van der Waals surface area (Å²) < 4.78 is 70.1. The molecule has 778 valence electrons. The van der Waals surface area contributed by atoms with Gasteiger partial charge in [-0.05, 0) is 209 Å². The summed E-state index contributed by atoms with van der Waals surface area (Å²) in [6, 6.07) is 65.5. The molecule has 9 atom stereocenters. The van der Waals surface area contributed by atoms with E-state index in [1.54, 1.807) is 60.7 Å². The molecule has 4 amide bonds. The zero-order valence-corrected chi connectivity index (χ0v) is 88.7. The Morgan fingerprint density at radius 3 is 1.43 bits per heavy atom. The second kappa shape index (κ2) is 46.1. The lowest BCUT2D eigenvalue weighted by atomic mass is 9.53. The number of aldehydes is 1. The Labute approximate surface area is 905 Å². The summed E-state index contributed by atoms with van der Waals surface area (Å²) in [4.78, 5) is 125. The quantitative estimate of drug-likeness (QED) is 0.0244. The van der Waals surface area contributed by atoms with Gasteiger partial charge in [0.15, 0.2) is 50.2 Å². The molecule has 23 nitrogen and oxygen atoms in total. The molecule has 12 heterocycles. The van der Waals surface area contributed by atoms with Crippen LogP contribution in [0.1, 0.15) is 233 Å². The molecular weight excluding hydrogens is 2090 g/mol. The van der Waals surface area contributed by atoms with Gasteiger partial charge in [0.05, 0.1) is 36.3 Å². The second-order valence-electron chi connectivity index (χ2n) is 40.9. The molecule has 0 unspecified atom stereocenters. The van der Waals surface area contributed by atoms with Gasteiger partial charge in [-0.25, -0.2) is 37.5 Å². The van der Waals surface area contributed by atoms with Crippen LogP contribution >= 0.6 is 92.8 Å². The second-order valence-corrected chi connectivity index (χ2v) is 44.1. The predicted octanol–water partition coefficient (Wildman–Crippen LogP) is 26.4. The Bertz CT molecular complexity index is 7170. The number of morpholine rings is 2. The number of aliphatic carboxylic acids is 1. The fourth-order valence-electron chi connectivity index (χ4n) is 22.6. The average molecular weight is 2190 g/mol. The van der Waals surface area contributed by atoms with Crippen LogP contribution in [0.5, 0.6) is 0 Å². The molecule has 11 aliphatic rings. The molecule has 4 spiro atoms. The molecule has 12 aromatic rings. The van der Waals surface area contributed by atoms with E-state index in [9.17, 15) is 42.3 Å². The van der Waals surface area contributed by atoms with Gasteiger partial charge in [0.2, 0.25) is 17.7 Å². The van der Waals surface area contributed by atoms with Crippen LogP contribution in [0.2, 0.25) is 40.7 Å². The Hall–Kier alpha value is -12.4. The molecule has 7 fully saturated rings. The zero-order valence-electron chi connectivity index (χ0n) is 82.6. The summed E-state index contributed by atoms with van der Waals surface area (Å²) in [5.41, 5.74) is 8.01. The minimum absolute atomic E-state index is 0.000521. The molecule has 23 rings (SSSR count). The van der Waals surface area contributed by atoms with Crippen LogP contribution in [-0.2, 0) is 65.1 Å². The van der Waals surface area contributed by atoms with Gasteiger partial charge < -0.3 is 41.2 Å². The summed E-state index contributed by atoms with van der Waals surface area (Å²) >= 11 is 47.6. The SMILES string of the molecule is CC(=O)O.CC1(C)CCC(=O)CC1.CC1(C)CCC2(CC1)N1[C@H](c3ccccc3)[C@H](c3ccccc3)OC(=O)[C@H]1[C@H](c1ccnc(Cl)c1F)[C@@]21C(=O)Nc2cc(Cl)ccc21.CC1(C)CCC2(CC1)NC[C@H](c1ccnc(Cl)c1F)[C@]21C(=O)Nc2cc(Cl)ccc21.O=C1CN[C@H](c2ccccc2)[C@H](c2ccccc2)O1.O=C1Cc2ccc(Cl)cc2N1.O=C1Nc2cc(Cl)ccc2C1=Cc1ccnc(Cl)c1F.O=Cc1ccnc(Cl)c1F. The lowest BCUT2D eigenvalue weighted by Crippen LogP contribution is -2.64. The number of ether oxygens (including phenoxy) is 2. The van der Waals surface area contributed by atoms with Crippen molar-refractivity contribution < 1.29 is 75.3 Å².